The van der Waals surface area contributed by atoms with Crippen LogP contribution in [0.25, 0.3) is 0 Å². The molecule has 0 saturated heterocycles. The number of nitrogens with two attached hydrogens (primary N) is 1. The van der Waals surface area contributed by atoms with Crippen LogP contribution in [-0.4, -0.2) is 29.5 Å². The third kappa shape index (κ3) is 4.44. The predicted molar refractivity (Wildman–Crippen MR) is 72.7 cm³/mol. The molecule has 1 aromatic rings. The fraction of sp³-hybridized carbons (Fsp3) is 0.571. The molecule has 0 saturated carbocycles. The van der Waals surface area contributed by atoms with E-state index < -0.39 is 0 Å². The normalized spacial score (nSPS) is 12.7. The molecule has 1 atom stereocenters. The standard InChI is InChI=1S/C14H22N4/c1-12(2)11-18(9-5-7-15)14(10-16)13-6-3-4-8-17-13/h3-4,6,8,12,14H,5,9-11,16H2,1-2H3. The number of rotatable bonds is 7. The first kappa shape index (κ1) is 14.6. The number of nitriles is 1. The summed E-state index contributed by atoms with van der Waals surface area (Å²) in [5.74, 6) is 0.543. The van der Waals surface area contributed by atoms with Gasteiger partial charge < -0.3 is 5.73 Å². The lowest BCUT2D eigenvalue weighted by molar-refractivity contribution is 0.180. The lowest BCUT2D eigenvalue weighted by Crippen LogP contribution is -2.37. The van der Waals surface area contributed by atoms with E-state index in [1.807, 2.05) is 18.2 Å². The van der Waals surface area contributed by atoms with Crippen molar-refractivity contribution in [3.63, 3.8) is 0 Å². The van der Waals surface area contributed by atoms with Gasteiger partial charge in [0, 0.05) is 32.3 Å². The molecule has 0 aliphatic rings. The van der Waals surface area contributed by atoms with E-state index in [9.17, 15) is 0 Å². The van der Waals surface area contributed by atoms with Crippen molar-refractivity contribution in [1.82, 2.24) is 9.88 Å². The Morgan fingerprint density at radius 2 is 2.22 bits per heavy atom. The second-order valence-electron chi connectivity index (χ2n) is 4.80. The summed E-state index contributed by atoms with van der Waals surface area (Å²) in [6, 6.07) is 8.17. The van der Waals surface area contributed by atoms with Gasteiger partial charge in [-0.2, -0.15) is 5.26 Å². The molecule has 18 heavy (non-hydrogen) atoms. The van der Waals surface area contributed by atoms with Crippen LogP contribution in [0.2, 0.25) is 0 Å². The fourth-order valence-corrected chi connectivity index (χ4v) is 2.07. The van der Waals surface area contributed by atoms with Crippen molar-refractivity contribution >= 4 is 0 Å². The van der Waals surface area contributed by atoms with E-state index in [4.69, 9.17) is 11.0 Å². The third-order valence-electron chi connectivity index (χ3n) is 2.80. The monoisotopic (exact) mass is 246 g/mol. The van der Waals surface area contributed by atoms with Crippen LogP contribution in [0.4, 0.5) is 0 Å². The van der Waals surface area contributed by atoms with E-state index in [2.05, 4.69) is 29.8 Å². The van der Waals surface area contributed by atoms with Crippen molar-refractivity contribution in [2.24, 2.45) is 11.7 Å². The molecule has 0 aromatic carbocycles. The van der Waals surface area contributed by atoms with Crippen LogP contribution in [-0.2, 0) is 0 Å². The Balaban J connectivity index is 2.83. The van der Waals surface area contributed by atoms with Crippen LogP contribution in [0.5, 0.6) is 0 Å². The topological polar surface area (TPSA) is 65.9 Å². The first-order valence-corrected chi connectivity index (χ1v) is 6.41. The zero-order valence-corrected chi connectivity index (χ0v) is 11.2. The van der Waals surface area contributed by atoms with E-state index in [-0.39, 0.29) is 6.04 Å². The minimum atomic E-state index is 0.0990. The van der Waals surface area contributed by atoms with Crippen LogP contribution in [0, 0.1) is 17.2 Å². The average molecular weight is 246 g/mol. The molecular weight excluding hydrogens is 224 g/mol. The number of aromatic nitrogens is 1. The molecule has 4 nitrogen and oxygen atoms in total. The summed E-state index contributed by atoms with van der Waals surface area (Å²) in [5, 5.41) is 8.75. The Labute approximate surface area is 109 Å². The van der Waals surface area contributed by atoms with E-state index in [1.54, 1.807) is 6.20 Å². The summed E-state index contributed by atoms with van der Waals surface area (Å²) in [4.78, 5) is 6.64. The Bertz CT molecular complexity index is 369. The highest BCUT2D eigenvalue weighted by molar-refractivity contribution is 5.09. The first-order valence-electron chi connectivity index (χ1n) is 6.41. The van der Waals surface area contributed by atoms with Gasteiger partial charge >= 0.3 is 0 Å². The highest BCUT2D eigenvalue weighted by Gasteiger charge is 2.20. The maximum Gasteiger partial charge on any atom is 0.0644 e. The van der Waals surface area contributed by atoms with Gasteiger partial charge in [0.2, 0.25) is 0 Å². The number of nitrogens with zero attached hydrogens (tertiary/aromatic N) is 3. The van der Waals surface area contributed by atoms with Gasteiger partial charge in [0.05, 0.1) is 17.8 Å². The Hall–Kier alpha value is -1.44. The van der Waals surface area contributed by atoms with Gasteiger partial charge in [-0.3, -0.25) is 9.88 Å². The lowest BCUT2D eigenvalue weighted by Gasteiger charge is -2.31. The summed E-state index contributed by atoms with van der Waals surface area (Å²) in [5.41, 5.74) is 6.87. The molecule has 0 spiro atoms. The van der Waals surface area contributed by atoms with Crippen molar-refractivity contribution < 1.29 is 0 Å². The number of hydrogen-bond donors (Lipinski definition) is 1. The van der Waals surface area contributed by atoms with Gasteiger partial charge in [-0.05, 0) is 18.1 Å². The largest absolute Gasteiger partial charge is 0.329 e. The predicted octanol–water partition coefficient (Wildman–Crippen LogP) is 1.95. The zero-order valence-electron chi connectivity index (χ0n) is 11.2. The molecule has 0 bridgehead atoms. The molecule has 1 heterocycles. The molecule has 0 fully saturated rings. The molecule has 0 aliphatic carbocycles. The van der Waals surface area contributed by atoms with Crippen molar-refractivity contribution in [2.45, 2.75) is 26.3 Å². The number of hydrogen-bond acceptors (Lipinski definition) is 4. The lowest BCUT2D eigenvalue weighted by atomic mass is 10.1. The minimum Gasteiger partial charge on any atom is -0.329 e. The summed E-state index contributed by atoms with van der Waals surface area (Å²) < 4.78 is 0. The molecule has 4 heteroatoms. The SMILES string of the molecule is CC(C)CN(CCC#N)C(CN)c1ccccn1. The van der Waals surface area contributed by atoms with Crippen LogP contribution in [0.15, 0.2) is 24.4 Å². The van der Waals surface area contributed by atoms with E-state index in [0.29, 0.717) is 18.9 Å². The molecule has 1 unspecified atom stereocenters. The van der Waals surface area contributed by atoms with Gasteiger partial charge in [-0.25, -0.2) is 0 Å². The van der Waals surface area contributed by atoms with Crippen LogP contribution in [0.1, 0.15) is 32.0 Å². The van der Waals surface area contributed by atoms with Gasteiger partial charge in [0.25, 0.3) is 0 Å². The molecule has 2 N–H and O–H groups in total. The first-order chi connectivity index (χ1) is 8.69. The summed E-state index contributed by atoms with van der Waals surface area (Å²) in [7, 11) is 0. The van der Waals surface area contributed by atoms with Crippen LogP contribution < -0.4 is 5.73 Å². The zero-order chi connectivity index (χ0) is 13.4. The van der Waals surface area contributed by atoms with E-state index in [0.717, 1.165) is 18.8 Å². The van der Waals surface area contributed by atoms with E-state index in [1.165, 1.54) is 0 Å². The van der Waals surface area contributed by atoms with Gasteiger partial charge in [-0.15, -0.1) is 0 Å². The number of pyridine rings is 1. The maximum absolute atomic E-state index is 8.75. The average Bonchev–Trinajstić information content (AvgIpc) is 2.37. The molecule has 1 rings (SSSR count). The van der Waals surface area contributed by atoms with Gasteiger partial charge in [0.1, 0.15) is 0 Å². The highest BCUT2D eigenvalue weighted by atomic mass is 15.2. The second kappa shape index (κ2) is 7.80. The molecule has 0 aliphatic heterocycles. The molecule has 0 amide bonds. The summed E-state index contributed by atoms with van der Waals surface area (Å²) in [6.45, 7) is 6.54. The minimum absolute atomic E-state index is 0.0990. The maximum atomic E-state index is 8.75. The summed E-state index contributed by atoms with van der Waals surface area (Å²) >= 11 is 0. The van der Waals surface area contributed by atoms with Gasteiger partial charge in [-0.1, -0.05) is 19.9 Å². The summed E-state index contributed by atoms with van der Waals surface area (Å²) in [6.07, 6.45) is 2.31. The molecule has 0 radical (unpaired) electrons. The highest BCUT2D eigenvalue weighted by Crippen LogP contribution is 2.19. The van der Waals surface area contributed by atoms with Crippen molar-refractivity contribution in [3.8, 4) is 6.07 Å². The fourth-order valence-electron chi connectivity index (χ4n) is 2.07. The Morgan fingerprint density at radius 1 is 1.44 bits per heavy atom. The molecule has 1 aromatic heterocycles. The smallest absolute Gasteiger partial charge is 0.0644 e. The van der Waals surface area contributed by atoms with Gasteiger partial charge in [0.15, 0.2) is 0 Å². The van der Waals surface area contributed by atoms with Crippen LogP contribution >= 0.6 is 0 Å². The second-order valence-corrected chi connectivity index (χ2v) is 4.80. The molecule has 98 valence electrons. The Morgan fingerprint density at radius 3 is 2.72 bits per heavy atom. The Kier molecular flexibility index (Phi) is 6.34. The van der Waals surface area contributed by atoms with Crippen molar-refractivity contribution in [3.05, 3.63) is 30.1 Å². The van der Waals surface area contributed by atoms with Crippen molar-refractivity contribution in [2.75, 3.05) is 19.6 Å². The third-order valence-corrected chi connectivity index (χ3v) is 2.80. The van der Waals surface area contributed by atoms with Crippen LogP contribution in [0.3, 0.4) is 0 Å². The quantitative estimate of drug-likeness (QED) is 0.798. The molecular formula is C14H22N4. The van der Waals surface area contributed by atoms with E-state index >= 15 is 0 Å². The van der Waals surface area contributed by atoms with Crippen molar-refractivity contribution in [1.29, 1.82) is 5.26 Å².